The van der Waals surface area contributed by atoms with Gasteiger partial charge in [-0.3, -0.25) is 4.79 Å². The molecule has 0 spiro atoms. The van der Waals surface area contributed by atoms with Crippen molar-refractivity contribution < 1.29 is 35.5 Å². The number of carbonyl (C=O) groups excluding carboxylic acids is 1. The Morgan fingerprint density at radius 2 is 1.68 bits per heavy atom. The Hall–Kier alpha value is -2.05. The summed E-state index contributed by atoms with van der Waals surface area (Å²) in [5, 5.41) is 0. The third kappa shape index (κ3) is 5.80. The van der Waals surface area contributed by atoms with Crippen molar-refractivity contribution in [2.45, 2.75) is 38.1 Å². The first-order valence-electron chi connectivity index (χ1n) is 8.46. The zero-order chi connectivity index (χ0) is 21.5. The molecule has 14 heteroatoms. The normalized spacial score (nSPS) is 14.4. The lowest BCUT2D eigenvalue weighted by molar-refractivity contribution is -0.143. The lowest BCUT2D eigenvalue weighted by atomic mass is 10.0. The second-order valence-corrected chi connectivity index (χ2v) is 6.66. The highest BCUT2D eigenvalue weighted by molar-refractivity contribution is 5.85. The summed E-state index contributed by atoms with van der Waals surface area (Å²) in [7, 11) is 0. The van der Waals surface area contributed by atoms with Gasteiger partial charge < -0.3 is 15.2 Å². The van der Waals surface area contributed by atoms with E-state index in [0.29, 0.717) is 12.1 Å². The molecule has 2 aromatic rings. The van der Waals surface area contributed by atoms with E-state index in [2.05, 4.69) is 4.98 Å². The number of carbonyl (C=O) groups is 1. The van der Waals surface area contributed by atoms with Crippen LogP contribution in [0.25, 0.3) is 0 Å². The van der Waals surface area contributed by atoms with Crippen LogP contribution in [0.4, 0.5) is 30.7 Å². The largest absolute Gasteiger partial charge is 0.437 e. The molecule has 1 aromatic carbocycles. The van der Waals surface area contributed by atoms with Crippen LogP contribution in [0.15, 0.2) is 12.1 Å². The van der Waals surface area contributed by atoms with Crippen molar-refractivity contribution >= 4 is 30.7 Å². The van der Waals surface area contributed by atoms with Gasteiger partial charge in [-0.15, -0.1) is 24.8 Å². The van der Waals surface area contributed by atoms with Gasteiger partial charge >= 0.3 is 6.18 Å². The maximum absolute atomic E-state index is 13.9. The van der Waals surface area contributed by atoms with E-state index in [1.807, 2.05) is 0 Å². The van der Waals surface area contributed by atoms with Gasteiger partial charge in [0.05, 0.1) is 6.54 Å². The molecule has 1 amide bonds. The second-order valence-electron chi connectivity index (χ2n) is 6.66. The number of alkyl halides is 3. The first kappa shape index (κ1) is 27.0. The van der Waals surface area contributed by atoms with E-state index in [4.69, 9.17) is 5.73 Å². The van der Waals surface area contributed by atoms with Crippen LogP contribution >= 0.6 is 24.8 Å². The number of imidazole rings is 1. The van der Waals surface area contributed by atoms with Gasteiger partial charge in [-0.1, -0.05) is 0 Å². The lowest BCUT2D eigenvalue weighted by Gasteiger charge is -2.28. The van der Waals surface area contributed by atoms with Crippen molar-refractivity contribution in [3.8, 4) is 0 Å². The summed E-state index contributed by atoms with van der Waals surface area (Å²) in [5.41, 5.74) is 3.93. The number of nitrogens with zero attached hydrogens (tertiary/aromatic N) is 3. The predicted molar refractivity (Wildman–Crippen MR) is 99.7 cm³/mol. The number of aromatic nitrogens is 2. The fraction of sp³-hybridized carbons (Fsp3) is 0.412. The molecule has 2 heterocycles. The number of hydrogen-bond donors (Lipinski definition) is 1. The topological polar surface area (TPSA) is 64.2 Å². The number of rotatable bonds is 4. The van der Waals surface area contributed by atoms with Gasteiger partial charge in [-0.05, 0) is 18.1 Å². The molecule has 0 unspecified atom stereocenters. The van der Waals surface area contributed by atoms with Crippen molar-refractivity contribution in [2.75, 3.05) is 6.54 Å². The third-order valence-corrected chi connectivity index (χ3v) is 4.54. The highest BCUT2D eigenvalue weighted by Crippen LogP contribution is 2.32. The van der Waals surface area contributed by atoms with Crippen molar-refractivity contribution in [1.82, 2.24) is 14.5 Å². The Balaban J connectivity index is 0.00000240. The summed E-state index contributed by atoms with van der Waals surface area (Å²) in [4.78, 5) is 16.8. The van der Waals surface area contributed by atoms with Crippen LogP contribution in [0.5, 0.6) is 0 Å². The van der Waals surface area contributed by atoms with Crippen LogP contribution in [-0.4, -0.2) is 32.9 Å². The number of hydrogen-bond acceptors (Lipinski definition) is 3. The molecular formula is C17H17Cl2F7N4O. The average molecular weight is 497 g/mol. The van der Waals surface area contributed by atoms with Crippen LogP contribution in [0.1, 0.15) is 23.5 Å². The van der Waals surface area contributed by atoms with E-state index in [9.17, 15) is 35.5 Å². The fourth-order valence-corrected chi connectivity index (χ4v) is 3.12. The van der Waals surface area contributed by atoms with Crippen LogP contribution in [0.3, 0.4) is 0 Å². The van der Waals surface area contributed by atoms with E-state index in [0.717, 1.165) is 9.47 Å². The van der Waals surface area contributed by atoms with Crippen molar-refractivity contribution in [1.29, 1.82) is 0 Å². The smallest absolute Gasteiger partial charge is 0.333 e. The third-order valence-electron chi connectivity index (χ3n) is 4.54. The highest BCUT2D eigenvalue weighted by Gasteiger charge is 2.41. The molecule has 2 N–H and O–H groups in total. The predicted octanol–water partition coefficient (Wildman–Crippen LogP) is 3.60. The molecule has 174 valence electrons. The van der Waals surface area contributed by atoms with E-state index in [-0.39, 0.29) is 68.7 Å². The molecule has 31 heavy (non-hydrogen) atoms. The molecule has 1 aromatic heterocycles. The van der Waals surface area contributed by atoms with Gasteiger partial charge in [0.15, 0.2) is 17.3 Å². The Morgan fingerprint density at radius 1 is 1.06 bits per heavy atom. The molecule has 0 fully saturated rings. The molecule has 0 radical (unpaired) electrons. The van der Waals surface area contributed by atoms with E-state index in [1.54, 1.807) is 0 Å². The number of fused-ring (bicyclic) bond motifs is 1. The molecular weight excluding hydrogens is 480 g/mol. The molecule has 1 atom stereocenters. The molecule has 0 bridgehead atoms. The maximum atomic E-state index is 13.9. The van der Waals surface area contributed by atoms with Gasteiger partial charge in [0, 0.05) is 31.6 Å². The van der Waals surface area contributed by atoms with E-state index >= 15 is 0 Å². The van der Waals surface area contributed by atoms with Crippen molar-refractivity contribution in [2.24, 2.45) is 5.73 Å². The van der Waals surface area contributed by atoms with Crippen LogP contribution < -0.4 is 5.73 Å². The van der Waals surface area contributed by atoms with Crippen LogP contribution in [-0.2, 0) is 30.5 Å². The van der Waals surface area contributed by atoms with Gasteiger partial charge in [0.2, 0.25) is 11.9 Å². The minimum atomic E-state index is -4.96. The summed E-state index contributed by atoms with van der Waals surface area (Å²) in [6, 6.07) is 0.0657. The van der Waals surface area contributed by atoms with Gasteiger partial charge in [0.25, 0.3) is 0 Å². The Labute approximate surface area is 184 Å². The summed E-state index contributed by atoms with van der Waals surface area (Å²) in [5.74, 6) is -5.96. The summed E-state index contributed by atoms with van der Waals surface area (Å²) in [6.07, 6.45) is -5.54. The SMILES string of the molecule is Cl.Cl.N[C@@H](CC(=O)N1CCn2c(nc(C(F)(F)F)c2F)C1)Cc1cc(F)c(F)cc1F. The number of benzene rings is 1. The monoisotopic (exact) mass is 496 g/mol. The molecule has 3 rings (SSSR count). The Kier molecular flexibility index (Phi) is 8.75. The minimum Gasteiger partial charge on any atom is -0.333 e. The van der Waals surface area contributed by atoms with Crippen LogP contribution in [0, 0.1) is 23.4 Å². The van der Waals surface area contributed by atoms with Crippen molar-refractivity contribution in [3.05, 3.63) is 52.6 Å². The van der Waals surface area contributed by atoms with Gasteiger partial charge in [-0.25, -0.2) is 18.2 Å². The summed E-state index contributed by atoms with van der Waals surface area (Å²) >= 11 is 0. The van der Waals surface area contributed by atoms with E-state index in [1.165, 1.54) is 0 Å². The number of nitrogens with two attached hydrogens (primary N) is 1. The Bertz CT molecular complexity index is 952. The molecule has 0 saturated carbocycles. The van der Waals surface area contributed by atoms with Gasteiger partial charge in [0.1, 0.15) is 11.6 Å². The van der Waals surface area contributed by atoms with Crippen LogP contribution in [0.2, 0.25) is 0 Å². The molecule has 5 nitrogen and oxygen atoms in total. The standard InChI is InChI=1S/C17H15F7N4O.2ClH/c18-10-6-12(20)11(19)4-8(10)3-9(25)5-14(29)27-1-2-28-13(7-27)26-15(16(28)21)17(22,23)24;;/h4,6,9H,1-3,5,7,25H2;2*1H/t9-;;/m1../s1. The lowest BCUT2D eigenvalue weighted by Crippen LogP contribution is -2.41. The highest BCUT2D eigenvalue weighted by atomic mass is 35.5. The number of halogens is 9. The molecule has 0 aliphatic carbocycles. The van der Waals surface area contributed by atoms with Crippen molar-refractivity contribution in [3.63, 3.8) is 0 Å². The number of amides is 1. The molecule has 1 aliphatic rings. The quantitative estimate of drug-likeness (QED) is 0.519. The first-order chi connectivity index (χ1) is 13.5. The maximum Gasteiger partial charge on any atom is 0.437 e. The summed E-state index contributed by atoms with van der Waals surface area (Å²) in [6.45, 7) is -0.635. The second kappa shape index (κ2) is 10.0. The zero-order valence-corrected chi connectivity index (χ0v) is 17.2. The first-order valence-corrected chi connectivity index (χ1v) is 8.46. The zero-order valence-electron chi connectivity index (χ0n) is 15.6. The fourth-order valence-electron chi connectivity index (χ4n) is 3.12. The minimum absolute atomic E-state index is 0. The average Bonchev–Trinajstić information content (AvgIpc) is 2.96. The molecule has 1 aliphatic heterocycles. The molecule has 0 saturated heterocycles. The van der Waals surface area contributed by atoms with E-state index < -0.39 is 47.2 Å². The van der Waals surface area contributed by atoms with Gasteiger partial charge in [-0.2, -0.15) is 17.6 Å². The summed E-state index contributed by atoms with van der Waals surface area (Å²) < 4.78 is 92.8. The Morgan fingerprint density at radius 3 is 2.29 bits per heavy atom.